The topological polar surface area (TPSA) is 79.8 Å². The van der Waals surface area contributed by atoms with Crippen LogP contribution in [0.2, 0.25) is 0 Å². The van der Waals surface area contributed by atoms with E-state index in [0.29, 0.717) is 21.5 Å². The third-order valence-electron chi connectivity index (χ3n) is 2.31. The smallest absolute Gasteiger partial charge is 0.256 e. The SMILES string of the molecule is N#Cc1cccc(NC(=O)c2cc[n+]([O-])cc2)c1. The van der Waals surface area contributed by atoms with Crippen molar-refractivity contribution >= 4 is 11.6 Å². The molecule has 2 rings (SSSR count). The first-order chi connectivity index (χ1) is 8.69. The number of anilines is 1. The standard InChI is InChI=1S/C13H9N3O2/c14-9-10-2-1-3-12(8-10)15-13(17)11-4-6-16(18)7-5-11/h1-8H,(H,15,17). The third-order valence-corrected chi connectivity index (χ3v) is 2.31. The minimum Gasteiger partial charge on any atom is -0.619 e. The first-order valence-electron chi connectivity index (χ1n) is 5.19. The molecule has 88 valence electrons. The summed E-state index contributed by atoms with van der Waals surface area (Å²) in [5.41, 5.74) is 1.39. The molecule has 1 aromatic carbocycles. The fraction of sp³-hybridized carbons (Fsp3) is 0. The van der Waals surface area contributed by atoms with E-state index in [-0.39, 0.29) is 5.91 Å². The van der Waals surface area contributed by atoms with E-state index < -0.39 is 0 Å². The van der Waals surface area contributed by atoms with Crippen molar-refractivity contribution in [2.75, 3.05) is 5.32 Å². The van der Waals surface area contributed by atoms with Crippen molar-refractivity contribution in [3.8, 4) is 6.07 Å². The number of aromatic nitrogens is 1. The minimum atomic E-state index is -0.328. The van der Waals surface area contributed by atoms with Crippen molar-refractivity contribution in [1.29, 1.82) is 5.26 Å². The number of carbonyl (C=O) groups excluding carboxylic acids is 1. The Labute approximate surface area is 104 Å². The lowest BCUT2D eigenvalue weighted by atomic mass is 10.2. The van der Waals surface area contributed by atoms with Gasteiger partial charge in [0.05, 0.1) is 17.2 Å². The van der Waals surface area contributed by atoms with Crippen LogP contribution in [-0.4, -0.2) is 5.91 Å². The van der Waals surface area contributed by atoms with E-state index in [4.69, 9.17) is 5.26 Å². The number of benzene rings is 1. The molecular weight excluding hydrogens is 230 g/mol. The Morgan fingerprint density at radius 3 is 2.67 bits per heavy atom. The van der Waals surface area contributed by atoms with Crippen molar-refractivity contribution < 1.29 is 9.52 Å². The van der Waals surface area contributed by atoms with E-state index in [0.717, 1.165) is 0 Å². The van der Waals surface area contributed by atoms with E-state index in [1.165, 1.54) is 24.5 Å². The number of amides is 1. The lowest BCUT2D eigenvalue weighted by Crippen LogP contribution is -2.25. The fourth-order valence-electron chi connectivity index (χ4n) is 1.43. The van der Waals surface area contributed by atoms with Crippen LogP contribution in [0, 0.1) is 16.5 Å². The Balaban J connectivity index is 2.16. The quantitative estimate of drug-likeness (QED) is 0.636. The molecule has 0 fully saturated rings. The van der Waals surface area contributed by atoms with Crippen LogP contribution in [0.5, 0.6) is 0 Å². The molecule has 0 bridgehead atoms. The van der Waals surface area contributed by atoms with Crippen molar-refractivity contribution in [2.45, 2.75) is 0 Å². The van der Waals surface area contributed by atoms with Crippen molar-refractivity contribution in [3.63, 3.8) is 0 Å². The second-order valence-electron chi connectivity index (χ2n) is 3.59. The second-order valence-corrected chi connectivity index (χ2v) is 3.59. The number of nitriles is 1. The molecule has 0 spiro atoms. The molecule has 0 aliphatic rings. The number of rotatable bonds is 2. The van der Waals surface area contributed by atoms with E-state index in [1.54, 1.807) is 24.3 Å². The van der Waals surface area contributed by atoms with Crippen molar-refractivity contribution in [2.24, 2.45) is 0 Å². The summed E-state index contributed by atoms with van der Waals surface area (Å²) in [5, 5.41) is 22.2. The summed E-state index contributed by atoms with van der Waals surface area (Å²) in [4.78, 5) is 11.8. The van der Waals surface area contributed by atoms with Crippen LogP contribution in [0.4, 0.5) is 5.69 Å². The van der Waals surface area contributed by atoms with Crippen LogP contribution < -0.4 is 10.0 Å². The normalized spacial score (nSPS) is 9.50. The van der Waals surface area contributed by atoms with Gasteiger partial charge in [-0.15, -0.1) is 0 Å². The highest BCUT2D eigenvalue weighted by molar-refractivity contribution is 6.04. The molecule has 0 unspecified atom stereocenters. The largest absolute Gasteiger partial charge is 0.619 e. The van der Waals surface area contributed by atoms with Crippen LogP contribution in [0.1, 0.15) is 15.9 Å². The Bertz CT molecular complexity index is 615. The molecule has 1 heterocycles. The summed E-state index contributed by atoms with van der Waals surface area (Å²) in [7, 11) is 0. The van der Waals surface area contributed by atoms with Gasteiger partial charge in [-0.3, -0.25) is 4.79 Å². The number of hydrogen-bond acceptors (Lipinski definition) is 3. The minimum absolute atomic E-state index is 0.328. The van der Waals surface area contributed by atoms with E-state index in [1.807, 2.05) is 6.07 Å². The monoisotopic (exact) mass is 239 g/mol. The average Bonchev–Trinajstić information content (AvgIpc) is 2.39. The summed E-state index contributed by atoms with van der Waals surface area (Å²) in [6, 6.07) is 11.5. The van der Waals surface area contributed by atoms with E-state index in [9.17, 15) is 10.0 Å². The van der Waals surface area contributed by atoms with Crippen LogP contribution in [0.15, 0.2) is 48.8 Å². The zero-order valence-electron chi connectivity index (χ0n) is 9.33. The second kappa shape index (κ2) is 4.97. The van der Waals surface area contributed by atoms with Gasteiger partial charge in [0.1, 0.15) is 0 Å². The molecular formula is C13H9N3O2. The summed E-state index contributed by atoms with van der Waals surface area (Å²) < 4.78 is 0.604. The van der Waals surface area contributed by atoms with Gasteiger partial charge in [-0.05, 0) is 18.2 Å². The van der Waals surface area contributed by atoms with E-state index >= 15 is 0 Å². The maximum absolute atomic E-state index is 11.8. The predicted octanol–water partition coefficient (Wildman–Crippen LogP) is 1.44. The summed E-state index contributed by atoms with van der Waals surface area (Å²) >= 11 is 0. The van der Waals surface area contributed by atoms with Gasteiger partial charge < -0.3 is 10.5 Å². The van der Waals surface area contributed by atoms with Gasteiger partial charge in [-0.2, -0.15) is 9.99 Å². The van der Waals surface area contributed by atoms with Gasteiger partial charge in [-0.1, -0.05) is 6.07 Å². The molecule has 1 aromatic heterocycles. The van der Waals surface area contributed by atoms with Gasteiger partial charge in [0, 0.05) is 17.8 Å². The van der Waals surface area contributed by atoms with Crippen LogP contribution in [0.25, 0.3) is 0 Å². The summed E-state index contributed by atoms with van der Waals surface area (Å²) in [6.45, 7) is 0. The van der Waals surface area contributed by atoms with Gasteiger partial charge in [0.2, 0.25) is 0 Å². The Hall–Kier alpha value is -2.87. The van der Waals surface area contributed by atoms with Gasteiger partial charge in [0.15, 0.2) is 12.4 Å². The van der Waals surface area contributed by atoms with E-state index in [2.05, 4.69) is 5.32 Å². The average molecular weight is 239 g/mol. The third kappa shape index (κ3) is 2.62. The lowest BCUT2D eigenvalue weighted by Gasteiger charge is -2.05. The van der Waals surface area contributed by atoms with Crippen LogP contribution in [0.3, 0.4) is 0 Å². The maximum Gasteiger partial charge on any atom is 0.256 e. The summed E-state index contributed by atoms with van der Waals surface area (Å²) in [6.07, 6.45) is 2.50. The van der Waals surface area contributed by atoms with Gasteiger partial charge in [0.25, 0.3) is 5.91 Å². The molecule has 1 N–H and O–H groups in total. The highest BCUT2D eigenvalue weighted by atomic mass is 16.5. The molecule has 5 nitrogen and oxygen atoms in total. The Morgan fingerprint density at radius 2 is 2.00 bits per heavy atom. The molecule has 18 heavy (non-hydrogen) atoms. The number of nitrogens with zero attached hydrogens (tertiary/aromatic N) is 2. The Morgan fingerprint density at radius 1 is 1.28 bits per heavy atom. The number of carbonyl (C=O) groups is 1. The lowest BCUT2D eigenvalue weighted by molar-refractivity contribution is -0.605. The maximum atomic E-state index is 11.8. The molecule has 2 aromatic rings. The summed E-state index contributed by atoms with van der Waals surface area (Å²) in [5.74, 6) is -0.328. The molecule has 1 amide bonds. The molecule has 5 heteroatoms. The highest BCUT2D eigenvalue weighted by Gasteiger charge is 2.07. The number of pyridine rings is 1. The van der Waals surface area contributed by atoms with Gasteiger partial charge >= 0.3 is 0 Å². The molecule has 0 saturated heterocycles. The zero-order valence-corrected chi connectivity index (χ0v) is 9.33. The van der Waals surface area contributed by atoms with Crippen molar-refractivity contribution in [3.05, 3.63) is 65.1 Å². The Kier molecular flexibility index (Phi) is 3.21. The fourth-order valence-corrected chi connectivity index (χ4v) is 1.43. The molecule has 0 saturated carbocycles. The van der Waals surface area contributed by atoms with Crippen molar-refractivity contribution in [1.82, 2.24) is 0 Å². The molecule has 0 radical (unpaired) electrons. The molecule has 0 aliphatic carbocycles. The molecule has 0 atom stereocenters. The predicted molar refractivity (Wildman–Crippen MR) is 64.5 cm³/mol. The zero-order chi connectivity index (χ0) is 13.0. The highest BCUT2D eigenvalue weighted by Crippen LogP contribution is 2.11. The first-order valence-corrected chi connectivity index (χ1v) is 5.19. The first kappa shape index (κ1) is 11.6. The van der Waals surface area contributed by atoms with Crippen LogP contribution in [-0.2, 0) is 0 Å². The number of hydrogen-bond donors (Lipinski definition) is 1. The number of nitrogens with one attached hydrogen (secondary N) is 1. The molecule has 0 aliphatic heterocycles. The van der Waals surface area contributed by atoms with Gasteiger partial charge in [-0.25, -0.2) is 0 Å². The van der Waals surface area contributed by atoms with Crippen LogP contribution >= 0.6 is 0 Å².